The fourth-order valence-electron chi connectivity index (χ4n) is 6.41. The van der Waals surface area contributed by atoms with Crippen LogP contribution >= 0.6 is 11.6 Å². The lowest BCUT2D eigenvalue weighted by atomic mass is 9.77. The second-order valence-electron chi connectivity index (χ2n) is 9.34. The zero-order valence-electron chi connectivity index (χ0n) is 18.9. The summed E-state index contributed by atoms with van der Waals surface area (Å²) in [4.78, 5) is 28.3. The zero-order valence-corrected chi connectivity index (χ0v) is 19.6. The molecule has 35 heavy (non-hydrogen) atoms. The molecule has 6 rings (SSSR count). The summed E-state index contributed by atoms with van der Waals surface area (Å²) < 4.78 is 6.21. The van der Waals surface area contributed by atoms with Gasteiger partial charge in [-0.05, 0) is 31.0 Å². The van der Waals surface area contributed by atoms with Crippen molar-refractivity contribution in [3.05, 3.63) is 105 Å². The van der Waals surface area contributed by atoms with E-state index in [-0.39, 0.29) is 23.5 Å². The third-order valence-electron chi connectivity index (χ3n) is 7.71. The van der Waals surface area contributed by atoms with E-state index in [1.54, 1.807) is 0 Å². The Labute approximate surface area is 207 Å². The summed E-state index contributed by atoms with van der Waals surface area (Å²) in [7, 11) is 0. The van der Waals surface area contributed by atoms with E-state index in [9.17, 15) is 14.9 Å². The Bertz CT molecular complexity index is 1330. The predicted octanol–water partition coefficient (Wildman–Crippen LogP) is 4.97. The molecule has 0 radical (unpaired) electrons. The van der Waals surface area contributed by atoms with Gasteiger partial charge < -0.3 is 10.1 Å². The maximum absolute atomic E-state index is 13.6. The molecule has 3 aliphatic heterocycles. The van der Waals surface area contributed by atoms with Crippen LogP contribution in [0.25, 0.3) is 0 Å². The number of para-hydroxylation sites is 2. The van der Waals surface area contributed by atoms with Crippen molar-refractivity contribution < 1.29 is 14.5 Å². The summed E-state index contributed by atoms with van der Waals surface area (Å²) in [6.07, 6.45) is 1.66. The minimum Gasteiger partial charge on any atom is -0.489 e. The van der Waals surface area contributed by atoms with Crippen LogP contribution in [-0.4, -0.2) is 34.4 Å². The highest BCUT2D eigenvalue weighted by Gasteiger charge is 2.73. The van der Waals surface area contributed by atoms with Crippen LogP contribution in [0.4, 0.5) is 5.69 Å². The molecule has 0 bridgehead atoms. The van der Waals surface area contributed by atoms with Crippen molar-refractivity contribution in [1.82, 2.24) is 4.90 Å². The van der Waals surface area contributed by atoms with E-state index >= 15 is 0 Å². The molecule has 0 aromatic heterocycles. The first-order chi connectivity index (χ1) is 17.0. The number of hydrogen-bond acceptors (Lipinski definition) is 5. The number of ether oxygens (including phenoxy) is 1. The van der Waals surface area contributed by atoms with E-state index < -0.39 is 17.5 Å². The van der Waals surface area contributed by atoms with Crippen LogP contribution in [0, 0.1) is 10.1 Å². The van der Waals surface area contributed by atoms with Crippen LogP contribution in [0.3, 0.4) is 0 Å². The topological polar surface area (TPSA) is 84.7 Å². The lowest BCUT2D eigenvalue weighted by molar-refractivity contribution is -0.534. The normalized spacial score (nSPS) is 27.0. The molecule has 7 nitrogen and oxygen atoms in total. The molecule has 4 atom stereocenters. The summed E-state index contributed by atoms with van der Waals surface area (Å²) in [5.41, 5.74) is 1.59. The Morgan fingerprint density at radius 2 is 1.83 bits per heavy atom. The Balaban J connectivity index is 1.46. The Hall–Kier alpha value is -3.42. The number of benzene rings is 3. The molecule has 8 heteroatoms. The lowest BCUT2D eigenvalue weighted by Gasteiger charge is -2.32. The average Bonchev–Trinajstić information content (AvgIpc) is 3.52. The monoisotopic (exact) mass is 489 g/mol. The molecule has 1 spiro atoms. The molecule has 0 saturated carbocycles. The first-order valence-electron chi connectivity index (χ1n) is 11.8. The SMILES string of the molecule is O=C1Nc2ccccc2[C@]12[C@H]([N+](=O)[O-])[C@@H](c1ccccc1OCc1ccccc1Cl)[C@@H]1CCCN12. The number of fused-ring (bicyclic) bond motifs is 4. The summed E-state index contributed by atoms with van der Waals surface area (Å²) in [5.74, 6) is -0.240. The number of carbonyl (C=O) groups is 1. The van der Waals surface area contributed by atoms with Crippen LogP contribution < -0.4 is 10.1 Å². The van der Waals surface area contributed by atoms with E-state index in [0.717, 1.165) is 24.0 Å². The zero-order chi connectivity index (χ0) is 24.2. The number of nitrogens with zero attached hydrogens (tertiary/aromatic N) is 2. The van der Waals surface area contributed by atoms with Crippen molar-refractivity contribution in [1.29, 1.82) is 0 Å². The summed E-state index contributed by atoms with van der Waals surface area (Å²) in [6.45, 7) is 0.880. The molecule has 178 valence electrons. The van der Waals surface area contributed by atoms with Gasteiger partial charge in [-0.1, -0.05) is 66.2 Å². The van der Waals surface area contributed by atoms with Crippen molar-refractivity contribution in [2.24, 2.45) is 0 Å². The highest BCUT2D eigenvalue weighted by Crippen LogP contribution is 2.58. The fraction of sp³-hybridized carbons (Fsp3) is 0.296. The molecule has 3 aliphatic rings. The van der Waals surface area contributed by atoms with Crippen molar-refractivity contribution in [3.8, 4) is 5.75 Å². The number of nitrogens with one attached hydrogen (secondary N) is 1. The van der Waals surface area contributed by atoms with Gasteiger partial charge in [0, 0.05) is 44.9 Å². The highest BCUT2D eigenvalue weighted by atomic mass is 35.5. The van der Waals surface area contributed by atoms with Gasteiger partial charge in [-0.2, -0.15) is 0 Å². The molecule has 3 heterocycles. The molecule has 1 N–H and O–H groups in total. The Kier molecular flexibility index (Phi) is 5.27. The molecule has 2 saturated heterocycles. The lowest BCUT2D eigenvalue weighted by Crippen LogP contribution is -2.55. The van der Waals surface area contributed by atoms with Crippen molar-refractivity contribution in [2.75, 3.05) is 11.9 Å². The van der Waals surface area contributed by atoms with Gasteiger partial charge in [-0.3, -0.25) is 19.8 Å². The van der Waals surface area contributed by atoms with Crippen LogP contribution in [0.1, 0.15) is 35.4 Å². The number of rotatable bonds is 5. The standard InChI is InChI=1S/C27H24ClN3O4/c28-20-11-4-1-8-17(20)16-35-23-14-6-2-9-18(23)24-22-13-7-15-30(22)27(25(24)31(33)34)19-10-3-5-12-21(19)29-26(27)32/h1-6,8-12,14,22,24-25H,7,13,15-16H2,(H,29,32)/t22-,24-,25+,27-/m0/s1. The van der Waals surface area contributed by atoms with Gasteiger partial charge in [-0.15, -0.1) is 0 Å². The summed E-state index contributed by atoms with van der Waals surface area (Å²) in [6, 6.07) is 21.0. The van der Waals surface area contributed by atoms with Gasteiger partial charge in [0.1, 0.15) is 12.4 Å². The molecule has 2 fully saturated rings. The third-order valence-corrected chi connectivity index (χ3v) is 8.08. The molecular weight excluding hydrogens is 466 g/mol. The van der Waals surface area contributed by atoms with Gasteiger partial charge >= 0.3 is 0 Å². The predicted molar refractivity (Wildman–Crippen MR) is 132 cm³/mol. The maximum Gasteiger partial charge on any atom is 0.256 e. The van der Waals surface area contributed by atoms with Crippen LogP contribution in [0.15, 0.2) is 72.8 Å². The molecule has 3 aromatic rings. The Morgan fingerprint density at radius 3 is 2.66 bits per heavy atom. The van der Waals surface area contributed by atoms with E-state index in [1.165, 1.54) is 0 Å². The fourth-order valence-corrected chi connectivity index (χ4v) is 6.60. The minimum atomic E-state index is -1.35. The first-order valence-corrected chi connectivity index (χ1v) is 12.2. The van der Waals surface area contributed by atoms with Gasteiger partial charge in [0.2, 0.25) is 0 Å². The van der Waals surface area contributed by atoms with Crippen molar-refractivity contribution >= 4 is 23.2 Å². The number of anilines is 1. The van der Waals surface area contributed by atoms with E-state index in [4.69, 9.17) is 16.3 Å². The summed E-state index contributed by atoms with van der Waals surface area (Å²) in [5, 5.41) is 16.4. The van der Waals surface area contributed by atoms with E-state index in [0.29, 0.717) is 28.6 Å². The molecule has 1 amide bonds. The molecule has 0 aliphatic carbocycles. The first kappa shape index (κ1) is 22.1. The van der Waals surface area contributed by atoms with Crippen LogP contribution in [-0.2, 0) is 16.9 Å². The molecule has 0 unspecified atom stereocenters. The van der Waals surface area contributed by atoms with Crippen molar-refractivity contribution in [2.45, 2.75) is 43.0 Å². The third kappa shape index (κ3) is 3.18. The van der Waals surface area contributed by atoms with Gasteiger partial charge in [0.05, 0.1) is 5.92 Å². The van der Waals surface area contributed by atoms with Gasteiger partial charge in [0.25, 0.3) is 11.9 Å². The number of hydrogen-bond donors (Lipinski definition) is 1. The number of amides is 1. The number of carbonyl (C=O) groups excluding carboxylic acids is 1. The summed E-state index contributed by atoms with van der Waals surface area (Å²) >= 11 is 6.32. The average molecular weight is 490 g/mol. The van der Waals surface area contributed by atoms with E-state index in [2.05, 4.69) is 10.2 Å². The highest BCUT2D eigenvalue weighted by molar-refractivity contribution is 6.31. The van der Waals surface area contributed by atoms with Gasteiger partial charge in [0.15, 0.2) is 5.54 Å². The maximum atomic E-state index is 13.6. The van der Waals surface area contributed by atoms with Crippen LogP contribution in [0.2, 0.25) is 5.02 Å². The van der Waals surface area contributed by atoms with E-state index in [1.807, 2.05) is 72.8 Å². The number of halogens is 1. The Morgan fingerprint density at radius 1 is 1.09 bits per heavy atom. The van der Waals surface area contributed by atoms with Crippen LogP contribution in [0.5, 0.6) is 5.75 Å². The second-order valence-corrected chi connectivity index (χ2v) is 9.75. The largest absolute Gasteiger partial charge is 0.489 e. The quantitative estimate of drug-likeness (QED) is 0.404. The minimum absolute atomic E-state index is 0.146. The molecular formula is C27H24ClN3O4. The number of nitro groups is 1. The molecule has 3 aromatic carbocycles. The smallest absolute Gasteiger partial charge is 0.256 e. The van der Waals surface area contributed by atoms with Gasteiger partial charge in [-0.25, -0.2) is 0 Å². The second kappa shape index (κ2) is 8.36. The van der Waals surface area contributed by atoms with Crippen molar-refractivity contribution in [3.63, 3.8) is 0 Å².